The molecule has 0 bridgehead atoms. The molecule has 0 aliphatic heterocycles. The number of ketones is 1. The molecule has 0 spiro atoms. The fourth-order valence-corrected chi connectivity index (χ4v) is 6.36. The van der Waals surface area contributed by atoms with Crippen LogP contribution in [0.5, 0.6) is 0 Å². The van der Waals surface area contributed by atoms with Gasteiger partial charge in [0.05, 0.1) is 12.2 Å². The molecule has 1 saturated carbocycles. The molecule has 1 aromatic rings. The van der Waals surface area contributed by atoms with Crippen molar-refractivity contribution in [1.29, 1.82) is 0 Å². The molecule has 0 saturated heterocycles. The Bertz CT molecular complexity index is 873. The Morgan fingerprint density at radius 1 is 1.00 bits per heavy atom. The molecule has 2 rings (SSSR count). The zero-order valence-electron chi connectivity index (χ0n) is 23.3. The third-order valence-electron chi connectivity index (χ3n) is 8.15. The molecule has 1 fully saturated rings. The minimum Gasteiger partial charge on any atom is -0.413 e. The summed E-state index contributed by atoms with van der Waals surface area (Å²) in [5, 5.41) is 0.227. The number of hydrogen-bond donors (Lipinski definition) is 0. The number of rotatable bonds is 9. The van der Waals surface area contributed by atoms with Gasteiger partial charge in [-0.1, -0.05) is 90.6 Å². The molecule has 0 unspecified atom stereocenters. The van der Waals surface area contributed by atoms with E-state index >= 15 is 0 Å². The van der Waals surface area contributed by atoms with Crippen LogP contribution in [0, 0.1) is 5.92 Å². The van der Waals surface area contributed by atoms with Crippen molar-refractivity contribution in [3.63, 3.8) is 0 Å². The molecule has 0 radical (unpaired) electrons. The van der Waals surface area contributed by atoms with Gasteiger partial charge in [-0.25, -0.2) is 0 Å². The van der Waals surface area contributed by atoms with E-state index in [1.165, 1.54) is 5.56 Å². The maximum Gasteiger partial charge on any atom is 0.192 e. The molecule has 3 atom stereocenters. The van der Waals surface area contributed by atoms with Gasteiger partial charge in [-0.05, 0) is 60.2 Å². The van der Waals surface area contributed by atoms with Crippen LogP contribution in [0.3, 0.4) is 0 Å². The summed E-state index contributed by atoms with van der Waals surface area (Å²) in [7, 11) is -3.96. The number of carbonyl (C=O) groups is 1. The molecular formula is C29H48O3Si2. The summed E-state index contributed by atoms with van der Waals surface area (Å²) in [6, 6.07) is 10.6. The van der Waals surface area contributed by atoms with E-state index < -0.39 is 16.6 Å². The third-order valence-corrected chi connectivity index (χ3v) is 17.2. The van der Waals surface area contributed by atoms with Gasteiger partial charge in [0.2, 0.25) is 0 Å². The molecular weight excluding hydrogens is 452 g/mol. The van der Waals surface area contributed by atoms with Crippen LogP contribution < -0.4 is 0 Å². The van der Waals surface area contributed by atoms with Crippen molar-refractivity contribution >= 4 is 22.4 Å². The number of benzene rings is 1. The fourth-order valence-electron chi connectivity index (χ4n) is 3.71. The standard InChI is InChI=1S/C29H48O3Si2/c1-22-25(27(21-26(22)30)32-34(10,11)29(5,6)7)20-19-24(31-33(8,9)28(2,3)4)18-17-23-15-13-12-14-16-23/h12-16,19-20,24-25,27H,1,17-18,21H2,2-11H3/b20-19+/t24-,25+,27+/m0/s1. The van der Waals surface area contributed by atoms with E-state index in [1.54, 1.807) is 0 Å². The van der Waals surface area contributed by atoms with Crippen molar-refractivity contribution in [2.24, 2.45) is 5.92 Å². The lowest BCUT2D eigenvalue weighted by Crippen LogP contribution is -2.45. The zero-order valence-corrected chi connectivity index (χ0v) is 25.3. The van der Waals surface area contributed by atoms with Crippen LogP contribution in [0.4, 0.5) is 0 Å². The molecule has 0 N–H and O–H groups in total. The number of Topliss-reactive ketones (excluding diaryl/α,β-unsaturated/α-hetero) is 1. The zero-order chi connectivity index (χ0) is 25.9. The van der Waals surface area contributed by atoms with Crippen LogP contribution in [-0.4, -0.2) is 34.6 Å². The predicted molar refractivity (Wildman–Crippen MR) is 150 cm³/mol. The van der Waals surface area contributed by atoms with Crippen molar-refractivity contribution in [3.8, 4) is 0 Å². The first kappa shape index (κ1) is 29.0. The average Bonchev–Trinajstić information content (AvgIpc) is 2.95. The van der Waals surface area contributed by atoms with Crippen molar-refractivity contribution in [3.05, 3.63) is 60.2 Å². The van der Waals surface area contributed by atoms with E-state index in [0.717, 1.165) is 12.8 Å². The highest BCUT2D eigenvalue weighted by Crippen LogP contribution is 2.42. The molecule has 0 amide bonds. The molecule has 1 aromatic carbocycles. The molecule has 0 aromatic heterocycles. The number of carbonyl (C=O) groups excluding carboxylic acids is 1. The van der Waals surface area contributed by atoms with Gasteiger partial charge in [-0.2, -0.15) is 0 Å². The smallest absolute Gasteiger partial charge is 0.192 e. The Morgan fingerprint density at radius 3 is 2.09 bits per heavy atom. The fraction of sp³-hybridized carbons (Fsp3) is 0.621. The quantitative estimate of drug-likeness (QED) is 0.195. The van der Waals surface area contributed by atoms with E-state index in [0.29, 0.717) is 12.0 Å². The number of hydrogen-bond acceptors (Lipinski definition) is 3. The van der Waals surface area contributed by atoms with Gasteiger partial charge in [-0.3, -0.25) is 4.79 Å². The topological polar surface area (TPSA) is 35.5 Å². The minimum absolute atomic E-state index is 0.00174. The SMILES string of the molecule is C=C1C(=O)C[C@@H](O[Si](C)(C)C(C)(C)C)[C@@H]1/C=C/[C@H](CCc1ccccc1)O[Si](C)(C)C(C)(C)C. The van der Waals surface area contributed by atoms with Gasteiger partial charge in [0.15, 0.2) is 22.4 Å². The van der Waals surface area contributed by atoms with Crippen molar-refractivity contribution in [2.45, 2.75) is 109 Å². The summed E-state index contributed by atoms with van der Waals surface area (Å²) in [6.45, 7) is 26.8. The van der Waals surface area contributed by atoms with E-state index in [4.69, 9.17) is 8.85 Å². The molecule has 3 nitrogen and oxygen atoms in total. The summed E-state index contributed by atoms with van der Waals surface area (Å²) in [5.41, 5.74) is 1.99. The summed E-state index contributed by atoms with van der Waals surface area (Å²) in [4.78, 5) is 12.6. The molecule has 34 heavy (non-hydrogen) atoms. The summed E-state index contributed by atoms with van der Waals surface area (Å²) >= 11 is 0. The first-order valence-corrected chi connectivity index (χ1v) is 18.6. The Balaban J connectivity index is 2.27. The van der Waals surface area contributed by atoms with E-state index in [2.05, 4.69) is 117 Å². The first-order chi connectivity index (χ1) is 15.4. The Morgan fingerprint density at radius 2 is 1.56 bits per heavy atom. The maximum absolute atomic E-state index is 12.6. The van der Waals surface area contributed by atoms with Gasteiger partial charge >= 0.3 is 0 Å². The lowest BCUT2D eigenvalue weighted by Gasteiger charge is -2.40. The largest absolute Gasteiger partial charge is 0.413 e. The molecule has 0 heterocycles. The highest BCUT2D eigenvalue weighted by Gasteiger charge is 2.44. The van der Waals surface area contributed by atoms with Gasteiger partial charge in [0.25, 0.3) is 0 Å². The second-order valence-electron chi connectivity index (χ2n) is 12.9. The van der Waals surface area contributed by atoms with Crippen LogP contribution in [-0.2, 0) is 20.1 Å². The minimum atomic E-state index is -2.00. The first-order valence-electron chi connectivity index (χ1n) is 12.7. The Labute approximate surface area is 211 Å². The van der Waals surface area contributed by atoms with Crippen LogP contribution in [0.15, 0.2) is 54.6 Å². The molecule has 190 valence electrons. The van der Waals surface area contributed by atoms with Crippen molar-refractivity contribution in [1.82, 2.24) is 0 Å². The van der Waals surface area contributed by atoms with Crippen molar-refractivity contribution < 1.29 is 13.6 Å². The lowest BCUT2D eigenvalue weighted by molar-refractivity contribution is -0.115. The highest BCUT2D eigenvalue weighted by atomic mass is 28.4. The van der Waals surface area contributed by atoms with E-state index in [9.17, 15) is 4.79 Å². The van der Waals surface area contributed by atoms with Crippen LogP contribution in [0.25, 0.3) is 0 Å². The Kier molecular flexibility index (Phi) is 9.17. The molecule has 1 aliphatic carbocycles. The van der Waals surface area contributed by atoms with Gasteiger partial charge in [-0.15, -0.1) is 0 Å². The van der Waals surface area contributed by atoms with Crippen LogP contribution in [0.1, 0.15) is 59.9 Å². The van der Waals surface area contributed by atoms with Crippen molar-refractivity contribution in [2.75, 3.05) is 0 Å². The summed E-state index contributed by atoms with van der Waals surface area (Å²) in [5.74, 6) is 0.0494. The monoisotopic (exact) mass is 500 g/mol. The van der Waals surface area contributed by atoms with Crippen LogP contribution in [0.2, 0.25) is 36.3 Å². The predicted octanol–water partition coefficient (Wildman–Crippen LogP) is 8.10. The second-order valence-corrected chi connectivity index (χ2v) is 22.4. The summed E-state index contributed by atoms with van der Waals surface area (Å²) < 4.78 is 13.5. The maximum atomic E-state index is 12.6. The van der Waals surface area contributed by atoms with Crippen LogP contribution >= 0.6 is 0 Å². The molecule has 5 heteroatoms. The average molecular weight is 501 g/mol. The lowest BCUT2D eigenvalue weighted by atomic mass is 9.99. The van der Waals surface area contributed by atoms with E-state index in [-0.39, 0.29) is 34.0 Å². The Hall–Kier alpha value is -1.28. The third kappa shape index (κ3) is 7.36. The summed E-state index contributed by atoms with van der Waals surface area (Å²) in [6.07, 6.45) is 6.52. The highest BCUT2D eigenvalue weighted by molar-refractivity contribution is 6.74. The number of aryl methyl sites for hydroxylation is 1. The van der Waals surface area contributed by atoms with Gasteiger partial charge in [0, 0.05) is 12.3 Å². The van der Waals surface area contributed by atoms with Gasteiger partial charge in [0.1, 0.15) is 0 Å². The normalized spacial score (nSPS) is 21.5. The second kappa shape index (κ2) is 10.8. The van der Waals surface area contributed by atoms with Gasteiger partial charge < -0.3 is 8.85 Å². The van der Waals surface area contributed by atoms with E-state index in [1.807, 2.05) is 0 Å². The molecule has 1 aliphatic rings.